The lowest BCUT2D eigenvalue weighted by Crippen LogP contribution is -2.38. The number of thiazole rings is 1. The second kappa shape index (κ2) is 8.84. The normalized spacial score (nSPS) is 17.1. The van der Waals surface area contributed by atoms with E-state index in [9.17, 15) is 4.79 Å². The van der Waals surface area contributed by atoms with Crippen LogP contribution < -0.4 is 14.9 Å². The van der Waals surface area contributed by atoms with Gasteiger partial charge in [-0.15, -0.1) is 11.8 Å². The molecule has 2 aliphatic rings. The molecule has 34 heavy (non-hydrogen) atoms. The molecule has 0 saturated heterocycles. The van der Waals surface area contributed by atoms with Crippen molar-refractivity contribution in [2.75, 3.05) is 6.26 Å². The van der Waals surface area contributed by atoms with Crippen LogP contribution in [0.1, 0.15) is 34.7 Å². The quantitative estimate of drug-likeness (QED) is 0.305. The smallest absolute Gasteiger partial charge is 0.271 e. The molecule has 0 bridgehead atoms. The Morgan fingerprint density at radius 1 is 1.03 bits per heavy atom. The molecular formula is C28H21BrN2OS2. The molecule has 2 heterocycles. The first-order valence-corrected chi connectivity index (χ1v) is 14.0. The van der Waals surface area contributed by atoms with Gasteiger partial charge in [0.25, 0.3) is 5.56 Å². The van der Waals surface area contributed by atoms with Crippen molar-refractivity contribution in [2.24, 2.45) is 4.99 Å². The minimum Gasteiger partial charge on any atom is -0.272 e. The molecule has 0 amide bonds. The molecule has 0 spiro atoms. The molecule has 3 nitrogen and oxygen atoms in total. The predicted octanol–water partition coefficient (Wildman–Crippen LogP) is 5.80. The lowest BCUT2D eigenvalue weighted by atomic mass is 9.83. The minimum absolute atomic E-state index is 0.0241. The van der Waals surface area contributed by atoms with Crippen LogP contribution >= 0.6 is 39.0 Å². The van der Waals surface area contributed by atoms with E-state index in [2.05, 4.69) is 95.0 Å². The van der Waals surface area contributed by atoms with Gasteiger partial charge in [-0.1, -0.05) is 75.8 Å². The highest BCUT2D eigenvalue weighted by molar-refractivity contribution is 9.10. The van der Waals surface area contributed by atoms with Gasteiger partial charge >= 0.3 is 0 Å². The number of benzene rings is 3. The Bertz CT molecular complexity index is 1610. The van der Waals surface area contributed by atoms with Crippen molar-refractivity contribution < 1.29 is 0 Å². The van der Waals surface area contributed by atoms with Gasteiger partial charge in [0.2, 0.25) is 0 Å². The van der Waals surface area contributed by atoms with Crippen molar-refractivity contribution in [1.29, 1.82) is 0 Å². The number of nitrogens with zero attached hydrogens (tertiary/aromatic N) is 2. The summed E-state index contributed by atoms with van der Waals surface area (Å²) in [5.74, 6) is 0. The fraction of sp³-hybridized carbons (Fsp3) is 0.143. The molecule has 1 aromatic heterocycles. The number of aryl methyl sites for hydroxylation is 1. The van der Waals surface area contributed by atoms with E-state index in [0.29, 0.717) is 4.53 Å². The van der Waals surface area contributed by atoms with Gasteiger partial charge in [0, 0.05) is 14.9 Å². The Balaban J connectivity index is 1.59. The van der Waals surface area contributed by atoms with Crippen LogP contribution in [0.4, 0.5) is 0 Å². The maximum Gasteiger partial charge on any atom is 0.271 e. The summed E-state index contributed by atoms with van der Waals surface area (Å²) < 4.78 is 3.65. The number of aromatic nitrogens is 1. The minimum atomic E-state index is -0.145. The Hall–Kier alpha value is -2.67. The van der Waals surface area contributed by atoms with Gasteiger partial charge in [0.1, 0.15) is 0 Å². The van der Waals surface area contributed by atoms with E-state index in [-0.39, 0.29) is 11.6 Å². The lowest BCUT2D eigenvalue weighted by molar-refractivity contribution is 0.585. The van der Waals surface area contributed by atoms with E-state index in [1.165, 1.54) is 32.9 Å². The summed E-state index contributed by atoms with van der Waals surface area (Å²) in [5, 5.41) is 0. The first-order valence-electron chi connectivity index (χ1n) is 11.1. The molecular weight excluding hydrogens is 524 g/mol. The highest BCUT2D eigenvalue weighted by Crippen LogP contribution is 2.41. The van der Waals surface area contributed by atoms with Crippen molar-refractivity contribution in [1.82, 2.24) is 4.57 Å². The number of thioether (sulfide) groups is 1. The molecule has 0 N–H and O–H groups in total. The number of hydrogen-bond acceptors (Lipinski definition) is 4. The summed E-state index contributed by atoms with van der Waals surface area (Å²) in [6.07, 6.45) is 5.92. The molecule has 0 radical (unpaired) electrons. The number of fused-ring (bicyclic) bond motifs is 3. The van der Waals surface area contributed by atoms with Crippen molar-refractivity contribution in [2.45, 2.75) is 23.8 Å². The van der Waals surface area contributed by atoms with Crippen molar-refractivity contribution in [3.8, 4) is 0 Å². The molecule has 4 aromatic rings. The molecule has 1 atom stereocenters. The van der Waals surface area contributed by atoms with Crippen LogP contribution in [0.3, 0.4) is 0 Å². The Morgan fingerprint density at radius 2 is 1.79 bits per heavy atom. The molecule has 1 aliphatic carbocycles. The highest BCUT2D eigenvalue weighted by Gasteiger charge is 2.32. The Labute approximate surface area is 214 Å². The second-order valence-corrected chi connectivity index (χ2v) is 11.2. The summed E-state index contributed by atoms with van der Waals surface area (Å²) >= 11 is 6.74. The third kappa shape index (κ3) is 3.74. The SMILES string of the molecule is CSc1ccc(/C=c2\sc3n(c2=O)[C@@H](c2ccc(Br)cc2)C2=C(N=3)c3ccccc3CC2)cc1. The topological polar surface area (TPSA) is 34.4 Å². The Morgan fingerprint density at radius 3 is 2.56 bits per heavy atom. The molecule has 3 aromatic carbocycles. The van der Waals surface area contributed by atoms with Crippen molar-refractivity contribution in [3.05, 3.63) is 125 Å². The average Bonchev–Trinajstić information content (AvgIpc) is 3.18. The average molecular weight is 546 g/mol. The summed E-state index contributed by atoms with van der Waals surface area (Å²) in [4.78, 5) is 20.8. The molecule has 1 aliphatic heterocycles. The van der Waals surface area contributed by atoms with Gasteiger partial charge in [-0.25, -0.2) is 4.99 Å². The third-order valence-corrected chi connectivity index (χ3v) is 8.73. The molecule has 6 rings (SSSR count). The zero-order chi connectivity index (χ0) is 23.2. The second-order valence-electron chi connectivity index (χ2n) is 8.44. The summed E-state index contributed by atoms with van der Waals surface area (Å²) in [7, 11) is 0. The van der Waals surface area contributed by atoms with Crippen LogP contribution in [0.2, 0.25) is 0 Å². The van der Waals surface area contributed by atoms with Crippen LogP contribution in [0, 0.1) is 0 Å². The van der Waals surface area contributed by atoms with E-state index in [4.69, 9.17) is 4.99 Å². The molecule has 0 saturated carbocycles. The van der Waals surface area contributed by atoms with Crippen LogP contribution in [-0.2, 0) is 6.42 Å². The van der Waals surface area contributed by atoms with E-state index in [1.807, 2.05) is 10.6 Å². The van der Waals surface area contributed by atoms with Crippen molar-refractivity contribution in [3.63, 3.8) is 0 Å². The first-order chi connectivity index (χ1) is 16.6. The fourth-order valence-corrected chi connectivity index (χ4v) is 6.49. The largest absolute Gasteiger partial charge is 0.272 e. The van der Waals surface area contributed by atoms with Crippen LogP contribution in [0.25, 0.3) is 11.8 Å². The van der Waals surface area contributed by atoms with Crippen molar-refractivity contribution >= 4 is 50.8 Å². The van der Waals surface area contributed by atoms with E-state index < -0.39 is 0 Å². The summed E-state index contributed by atoms with van der Waals surface area (Å²) in [6.45, 7) is 0. The zero-order valence-electron chi connectivity index (χ0n) is 18.5. The standard InChI is InChI=1S/C28H21BrN2OS2/c1-33-21-13-6-17(7-14-21)16-24-27(32)31-26(19-8-11-20(29)12-9-19)23-15-10-18-4-2-3-5-22(18)25(23)30-28(31)34-24/h2-9,11-14,16,26H,10,15H2,1H3/b24-16-/t26-/m0/s1. The zero-order valence-corrected chi connectivity index (χ0v) is 21.7. The van der Waals surface area contributed by atoms with Crippen LogP contribution in [-0.4, -0.2) is 10.8 Å². The predicted molar refractivity (Wildman–Crippen MR) is 145 cm³/mol. The number of rotatable bonds is 3. The number of halogens is 1. The summed E-state index contributed by atoms with van der Waals surface area (Å²) in [6, 6.07) is 25.0. The fourth-order valence-electron chi connectivity index (χ4n) is 4.82. The molecule has 0 unspecified atom stereocenters. The summed E-state index contributed by atoms with van der Waals surface area (Å²) in [5.41, 5.74) is 6.94. The van der Waals surface area contributed by atoms with Crippen LogP contribution in [0.5, 0.6) is 0 Å². The maximum atomic E-state index is 13.8. The number of hydrogen-bond donors (Lipinski definition) is 0. The third-order valence-electron chi connectivity index (χ3n) is 6.47. The van der Waals surface area contributed by atoms with E-state index in [0.717, 1.165) is 38.9 Å². The molecule has 168 valence electrons. The van der Waals surface area contributed by atoms with Gasteiger partial charge in [-0.3, -0.25) is 9.36 Å². The molecule has 6 heteroatoms. The maximum absolute atomic E-state index is 13.8. The highest BCUT2D eigenvalue weighted by atomic mass is 79.9. The van der Waals surface area contributed by atoms with E-state index >= 15 is 0 Å². The van der Waals surface area contributed by atoms with Gasteiger partial charge in [0.05, 0.1) is 16.3 Å². The Kier molecular flexibility index (Phi) is 5.68. The van der Waals surface area contributed by atoms with Crippen LogP contribution in [0.15, 0.2) is 97.5 Å². The number of allylic oxidation sites excluding steroid dienone is 1. The molecule has 0 fully saturated rings. The first kappa shape index (κ1) is 21.8. The monoisotopic (exact) mass is 544 g/mol. The van der Waals surface area contributed by atoms with Gasteiger partial charge in [0.15, 0.2) is 4.80 Å². The van der Waals surface area contributed by atoms with Gasteiger partial charge < -0.3 is 0 Å². The lowest BCUT2D eigenvalue weighted by Gasteiger charge is -2.30. The van der Waals surface area contributed by atoms with Gasteiger partial charge in [-0.2, -0.15) is 0 Å². The van der Waals surface area contributed by atoms with Gasteiger partial charge in [-0.05, 0) is 71.7 Å². The van der Waals surface area contributed by atoms with E-state index in [1.54, 1.807) is 11.8 Å².